The summed E-state index contributed by atoms with van der Waals surface area (Å²) in [7, 11) is 0. The third kappa shape index (κ3) is 37.7. The molecule has 0 aromatic rings. The van der Waals surface area contributed by atoms with Crippen LogP contribution in [-0.4, -0.2) is 38.4 Å². The van der Waals surface area contributed by atoms with Crippen LogP contribution in [0.2, 0.25) is 0 Å². The quantitative estimate of drug-likeness (QED) is 0.0538. The van der Waals surface area contributed by atoms with Crippen molar-refractivity contribution >= 4 is 5.97 Å². The first-order valence-electron chi connectivity index (χ1n) is 20.7. The summed E-state index contributed by atoms with van der Waals surface area (Å²) in [6, 6.07) is 0. The van der Waals surface area contributed by atoms with Crippen LogP contribution in [0.5, 0.6) is 0 Å². The van der Waals surface area contributed by atoms with E-state index in [0.29, 0.717) is 6.42 Å². The molecule has 0 saturated carbocycles. The van der Waals surface area contributed by atoms with Crippen molar-refractivity contribution in [1.29, 1.82) is 0 Å². The second kappa shape index (κ2) is 39.6. The molecular weight excluding hydrogens is 554 g/mol. The fraction of sp³-hybridized carbons (Fsp3) is 0.976. The van der Waals surface area contributed by atoms with Gasteiger partial charge in [-0.2, -0.15) is 0 Å². The molecule has 0 spiro atoms. The molecule has 0 heterocycles. The average Bonchev–Trinajstić information content (AvgIpc) is 3.04. The SMILES string of the molecule is CCCCCCCCCOCCCCCCCNCCCCCCCC(=O)OC(CCCCCCCC)CCCCCCCC. The Hall–Kier alpha value is -0.610. The minimum atomic E-state index is 0.0506. The minimum absolute atomic E-state index is 0.0506. The molecule has 0 rings (SSSR count). The lowest BCUT2D eigenvalue weighted by molar-refractivity contribution is -0.150. The zero-order valence-corrected chi connectivity index (χ0v) is 31.3. The van der Waals surface area contributed by atoms with Gasteiger partial charge in [0.1, 0.15) is 6.10 Å². The van der Waals surface area contributed by atoms with Gasteiger partial charge in [-0.15, -0.1) is 0 Å². The number of carbonyl (C=O) groups excluding carboxylic acids is 1. The number of hydrogen-bond acceptors (Lipinski definition) is 4. The molecule has 45 heavy (non-hydrogen) atoms. The smallest absolute Gasteiger partial charge is 0.306 e. The van der Waals surface area contributed by atoms with E-state index in [2.05, 4.69) is 26.1 Å². The van der Waals surface area contributed by atoms with E-state index in [0.717, 1.165) is 52.0 Å². The van der Waals surface area contributed by atoms with Crippen molar-refractivity contribution in [2.24, 2.45) is 0 Å². The van der Waals surface area contributed by atoms with Crippen LogP contribution >= 0.6 is 0 Å². The van der Waals surface area contributed by atoms with Gasteiger partial charge in [0.25, 0.3) is 0 Å². The second-order valence-electron chi connectivity index (χ2n) is 14.0. The molecular formula is C41H83NO3. The summed E-state index contributed by atoms with van der Waals surface area (Å²) in [5.41, 5.74) is 0. The molecule has 0 saturated heterocycles. The third-order valence-corrected chi connectivity index (χ3v) is 9.33. The van der Waals surface area contributed by atoms with Gasteiger partial charge in [-0.25, -0.2) is 0 Å². The maximum absolute atomic E-state index is 12.6. The third-order valence-electron chi connectivity index (χ3n) is 9.33. The molecule has 0 aliphatic heterocycles. The Morgan fingerprint density at radius 3 is 1.24 bits per heavy atom. The Labute approximate surface area is 283 Å². The van der Waals surface area contributed by atoms with Crippen molar-refractivity contribution in [2.45, 2.75) is 232 Å². The summed E-state index contributed by atoms with van der Waals surface area (Å²) < 4.78 is 11.8. The fourth-order valence-corrected chi connectivity index (χ4v) is 6.23. The number of hydrogen-bond donors (Lipinski definition) is 1. The highest BCUT2D eigenvalue weighted by Crippen LogP contribution is 2.18. The first-order chi connectivity index (χ1) is 22.2. The number of esters is 1. The van der Waals surface area contributed by atoms with E-state index >= 15 is 0 Å². The lowest BCUT2D eigenvalue weighted by Crippen LogP contribution is -2.18. The van der Waals surface area contributed by atoms with Crippen LogP contribution in [0.25, 0.3) is 0 Å². The summed E-state index contributed by atoms with van der Waals surface area (Å²) >= 11 is 0. The van der Waals surface area contributed by atoms with E-state index in [1.807, 2.05) is 0 Å². The molecule has 270 valence electrons. The van der Waals surface area contributed by atoms with Gasteiger partial charge < -0.3 is 14.8 Å². The summed E-state index contributed by atoms with van der Waals surface area (Å²) in [6.45, 7) is 11.0. The van der Waals surface area contributed by atoms with E-state index in [1.165, 1.54) is 173 Å². The molecule has 0 bridgehead atoms. The van der Waals surface area contributed by atoms with Crippen LogP contribution < -0.4 is 5.32 Å². The minimum Gasteiger partial charge on any atom is -0.462 e. The molecule has 4 nitrogen and oxygen atoms in total. The Kier molecular flexibility index (Phi) is 39.0. The number of nitrogens with one attached hydrogen (secondary N) is 1. The van der Waals surface area contributed by atoms with Gasteiger partial charge in [-0.05, 0) is 70.9 Å². The molecule has 0 aromatic heterocycles. The van der Waals surface area contributed by atoms with Crippen LogP contribution in [0.1, 0.15) is 226 Å². The van der Waals surface area contributed by atoms with Crippen LogP contribution in [0.3, 0.4) is 0 Å². The van der Waals surface area contributed by atoms with E-state index < -0.39 is 0 Å². The van der Waals surface area contributed by atoms with Crippen molar-refractivity contribution < 1.29 is 14.3 Å². The van der Waals surface area contributed by atoms with Gasteiger partial charge in [-0.3, -0.25) is 4.79 Å². The molecule has 0 amide bonds. The molecule has 0 fully saturated rings. The van der Waals surface area contributed by atoms with Gasteiger partial charge in [0.15, 0.2) is 0 Å². The standard InChI is InChI=1S/C41H83NO3/c1-4-7-10-13-16-24-31-38-44-39-32-25-18-23-30-37-42-36-29-22-17-21-28-35-41(43)45-40(33-26-19-14-11-8-5-2)34-27-20-15-12-9-6-3/h40,42H,4-39H2,1-3H3. The highest BCUT2D eigenvalue weighted by molar-refractivity contribution is 5.69. The molecule has 0 aromatic carbocycles. The molecule has 4 heteroatoms. The maximum atomic E-state index is 12.6. The van der Waals surface area contributed by atoms with Crippen molar-refractivity contribution in [3.8, 4) is 0 Å². The Bertz CT molecular complexity index is 539. The second-order valence-corrected chi connectivity index (χ2v) is 14.0. The summed E-state index contributed by atoms with van der Waals surface area (Å²) in [4.78, 5) is 12.6. The highest BCUT2D eigenvalue weighted by atomic mass is 16.5. The van der Waals surface area contributed by atoms with Crippen molar-refractivity contribution in [2.75, 3.05) is 26.3 Å². The van der Waals surface area contributed by atoms with Crippen LogP contribution in [0.4, 0.5) is 0 Å². The van der Waals surface area contributed by atoms with Crippen molar-refractivity contribution in [1.82, 2.24) is 5.32 Å². The summed E-state index contributed by atoms with van der Waals surface area (Å²) in [6.07, 6.45) is 40.4. The van der Waals surface area contributed by atoms with Gasteiger partial charge in [0.05, 0.1) is 0 Å². The maximum Gasteiger partial charge on any atom is 0.306 e. The highest BCUT2D eigenvalue weighted by Gasteiger charge is 2.14. The van der Waals surface area contributed by atoms with E-state index in [-0.39, 0.29) is 12.1 Å². The van der Waals surface area contributed by atoms with Crippen molar-refractivity contribution in [3.63, 3.8) is 0 Å². The van der Waals surface area contributed by atoms with Gasteiger partial charge >= 0.3 is 5.97 Å². The first-order valence-corrected chi connectivity index (χ1v) is 20.7. The Morgan fingerprint density at radius 1 is 0.444 bits per heavy atom. The number of carbonyl (C=O) groups is 1. The predicted molar refractivity (Wildman–Crippen MR) is 198 cm³/mol. The number of rotatable bonds is 39. The van der Waals surface area contributed by atoms with Crippen molar-refractivity contribution in [3.05, 3.63) is 0 Å². The lowest BCUT2D eigenvalue weighted by Gasteiger charge is -2.18. The Morgan fingerprint density at radius 2 is 0.800 bits per heavy atom. The molecule has 0 unspecified atom stereocenters. The largest absolute Gasteiger partial charge is 0.462 e. The zero-order valence-electron chi connectivity index (χ0n) is 31.3. The topological polar surface area (TPSA) is 47.6 Å². The normalized spacial score (nSPS) is 11.6. The predicted octanol–water partition coefficient (Wildman–Crippen LogP) is 13.0. The zero-order chi connectivity index (χ0) is 32.7. The lowest BCUT2D eigenvalue weighted by atomic mass is 10.0. The van der Waals surface area contributed by atoms with Crippen LogP contribution in [0.15, 0.2) is 0 Å². The number of ether oxygens (including phenoxy) is 2. The average molecular weight is 638 g/mol. The first kappa shape index (κ1) is 44.4. The summed E-state index contributed by atoms with van der Waals surface area (Å²) in [5, 5.41) is 3.63. The fourth-order valence-electron chi connectivity index (χ4n) is 6.23. The molecule has 0 aliphatic rings. The van der Waals surface area contributed by atoms with E-state index in [9.17, 15) is 4.79 Å². The molecule has 0 atom stereocenters. The van der Waals surface area contributed by atoms with Gasteiger partial charge in [0, 0.05) is 19.6 Å². The van der Waals surface area contributed by atoms with Gasteiger partial charge in [-0.1, -0.05) is 162 Å². The van der Waals surface area contributed by atoms with Crippen LogP contribution in [0, 0.1) is 0 Å². The van der Waals surface area contributed by atoms with E-state index in [4.69, 9.17) is 9.47 Å². The van der Waals surface area contributed by atoms with Gasteiger partial charge in [0.2, 0.25) is 0 Å². The molecule has 1 N–H and O–H groups in total. The monoisotopic (exact) mass is 638 g/mol. The molecule has 0 aliphatic carbocycles. The Balaban J connectivity index is 3.58. The summed E-state index contributed by atoms with van der Waals surface area (Å²) in [5.74, 6) is 0.0506. The van der Waals surface area contributed by atoms with Crippen LogP contribution in [-0.2, 0) is 14.3 Å². The van der Waals surface area contributed by atoms with E-state index in [1.54, 1.807) is 0 Å². The number of unbranched alkanes of at least 4 members (excludes halogenated alkanes) is 24. The molecule has 0 radical (unpaired) electrons.